The molecule has 1 aromatic heterocycles. The molecule has 0 N–H and O–H groups in total. The van der Waals surface area contributed by atoms with E-state index in [4.69, 9.17) is 0 Å². The summed E-state index contributed by atoms with van der Waals surface area (Å²) in [5, 5.41) is 2.70. The van der Waals surface area contributed by atoms with Crippen LogP contribution in [0, 0.1) is 0 Å². The number of hydrogen-bond donors (Lipinski definition) is 0. The van der Waals surface area contributed by atoms with Gasteiger partial charge in [0.05, 0.1) is 4.83 Å². The third-order valence-electron chi connectivity index (χ3n) is 1.00. The maximum absolute atomic E-state index is 10.2. The molecule has 1 rings (SSSR count). The summed E-state index contributed by atoms with van der Waals surface area (Å²) in [5.41, 5.74) is 0.520. The lowest BCUT2D eigenvalue weighted by molar-refractivity contribution is 0.111. The van der Waals surface area contributed by atoms with Gasteiger partial charge in [-0.1, -0.05) is 15.9 Å². The fourth-order valence-electron chi connectivity index (χ4n) is 0.538. The minimum atomic E-state index is 0.242. The van der Waals surface area contributed by atoms with Crippen molar-refractivity contribution in [3.8, 4) is 0 Å². The normalized spacial score (nSPS) is 13.0. The average molecular weight is 220 g/mol. The molecule has 1 atom stereocenters. The lowest BCUT2D eigenvalue weighted by atomic mass is 10.5. The van der Waals surface area contributed by atoms with Crippen molar-refractivity contribution < 1.29 is 4.79 Å². The average Bonchev–Trinajstić information content (AvgIpc) is 2.34. The highest BCUT2D eigenvalue weighted by Gasteiger charge is 2.05. The van der Waals surface area contributed by atoms with Gasteiger partial charge in [0.2, 0.25) is 0 Å². The molecular weight excluding hydrogens is 214 g/mol. The van der Waals surface area contributed by atoms with Crippen LogP contribution in [0.1, 0.15) is 27.2 Å². The molecule has 1 heterocycles. The van der Waals surface area contributed by atoms with Gasteiger partial charge in [0, 0.05) is 5.38 Å². The summed E-state index contributed by atoms with van der Waals surface area (Å²) < 4.78 is 0. The number of rotatable bonds is 2. The van der Waals surface area contributed by atoms with Crippen molar-refractivity contribution in [2.75, 3.05) is 0 Å². The van der Waals surface area contributed by atoms with Gasteiger partial charge in [0.1, 0.15) is 10.7 Å². The van der Waals surface area contributed by atoms with Crippen LogP contribution < -0.4 is 0 Å². The Bertz CT molecular complexity index is 233. The van der Waals surface area contributed by atoms with E-state index >= 15 is 0 Å². The molecule has 0 radical (unpaired) electrons. The third-order valence-corrected chi connectivity index (χ3v) is 2.78. The molecule has 0 saturated carbocycles. The number of carbonyl (C=O) groups is 1. The van der Waals surface area contributed by atoms with Crippen LogP contribution in [0.5, 0.6) is 0 Å². The van der Waals surface area contributed by atoms with Crippen LogP contribution >= 0.6 is 27.3 Å². The second-order valence-electron chi connectivity index (χ2n) is 1.84. The van der Waals surface area contributed by atoms with Gasteiger partial charge in [-0.2, -0.15) is 0 Å². The second-order valence-corrected chi connectivity index (χ2v) is 4.11. The summed E-state index contributed by atoms with van der Waals surface area (Å²) in [6.45, 7) is 1.98. The van der Waals surface area contributed by atoms with Crippen molar-refractivity contribution in [2.45, 2.75) is 11.8 Å². The quantitative estimate of drug-likeness (QED) is 0.565. The molecule has 1 aromatic rings. The fraction of sp³-hybridized carbons (Fsp3) is 0.333. The summed E-state index contributed by atoms with van der Waals surface area (Å²) in [5.74, 6) is 0. The van der Waals surface area contributed by atoms with Crippen molar-refractivity contribution in [3.05, 3.63) is 16.1 Å². The highest BCUT2D eigenvalue weighted by molar-refractivity contribution is 9.09. The molecule has 0 aliphatic heterocycles. The van der Waals surface area contributed by atoms with E-state index in [0.29, 0.717) is 5.69 Å². The number of thiazole rings is 1. The lowest BCUT2D eigenvalue weighted by Gasteiger charge is -1.92. The number of aromatic nitrogens is 1. The fourth-order valence-corrected chi connectivity index (χ4v) is 1.66. The van der Waals surface area contributed by atoms with Gasteiger partial charge in [-0.3, -0.25) is 4.79 Å². The van der Waals surface area contributed by atoms with Crippen LogP contribution in [0.3, 0.4) is 0 Å². The molecule has 0 saturated heterocycles. The largest absolute Gasteiger partial charge is 0.296 e. The van der Waals surface area contributed by atoms with E-state index in [-0.39, 0.29) is 4.83 Å². The monoisotopic (exact) mass is 219 g/mol. The van der Waals surface area contributed by atoms with Gasteiger partial charge in [0.15, 0.2) is 6.29 Å². The zero-order valence-electron chi connectivity index (χ0n) is 5.37. The standard InChI is InChI=1S/C6H6BrNOS/c1-4(7)6-8-5(2-9)3-10-6/h2-4H,1H3. The van der Waals surface area contributed by atoms with Gasteiger partial charge >= 0.3 is 0 Å². The van der Waals surface area contributed by atoms with Crippen LogP contribution in [-0.2, 0) is 0 Å². The van der Waals surface area contributed by atoms with Crippen molar-refractivity contribution in [1.29, 1.82) is 0 Å². The number of alkyl halides is 1. The first-order valence-corrected chi connectivity index (χ1v) is 4.58. The van der Waals surface area contributed by atoms with E-state index in [1.54, 1.807) is 5.38 Å². The van der Waals surface area contributed by atoms with Gasteiger partial charge in [-0.25, -0.2) is 4.98 Å². The predicted molar refractivity (Wildman–Crippen MR) is 44.8 cm³/mol. The van der Waals surface area contributed by atoms with Crippen molar-refractivity contribution in [3.63, 3.8) is 0 Å². The molecule has 1 unspecified atom stereocenters. The van der Waals surface area contributed by atoms with Crippen LogP contribution in [0.15, 0.2) is 5.38 Å². The van der Waals surface area contributed by atoms with E-state index in [0.717, 1.165) is 11.3 Å². The summed E-state index contributed by atoms with van der Waals surface area (Å²) in [6, 6.07) is 0. The molecule has 0 fully saturated rings. The molecule has 0 aromatic carbocycles. The van der Waals surface area contributed by atoms with Crippen LogP contribution in [-0.4, -0.2) is 11.3 Å². The maximum Gasteiger partial charge on any atom is 0.169 e. The maximum atomic E-state index is 10.2. The van der Waals surface area contributed by atoms with Crippen LogP contribution in [0.25, 0.3) is 0 Å². The van der Waals surface area contributed by atoms with Crippen LogP contribution in [0.2, 0.25) is 0 Å². The van der Waals surface area contributed by atoms with Gasteiger partial charge in [-0.05, 0) is 6.92 Å². The van der Waals surface area contributed by atoms with E-state index in [2.05, 4.69) is 20.9 Å². The summed E-state index contributed by atoms with van der Waals surface area (Å²) in [6.07, 6.45) is 0.759. The molecular formula is C6H6BrNOS. The first-order chi connectivity index (χ1) is 4.74. The number of carbonyl (C=O) groups excluding carboxylic acids is 1. The minimum absolute atomic E-state index is 0.242. The van der Waals surface area contributed by atoms with Crippen molar-refractivity contribution >= 4 is 33.6 Å². The first-order valence-electron chi connectivity index (χ1n) is 2.78. The Labute approximate surface area is 71.4 Å². The molecule has 0 amide bonds. The van der Waals surface area contributed by atoms with Gasteiger partial charge in [-0.15, -0.1) is 11.3 Å². The van der Waals surface area contributed by atoms with E-state index in [1.165, 1.54) is 11.3 Å². The Balaban J connectivity index is 2.88. The number of nitrogens with zero attached hydrogens (tertiary/aromatic N) is 1. The predicted octanol–water partition coefficient (Wildman–Crippen LogP) is 2.41. The Kier molecular flexibility index (Phi) is 2.56. The zero-order valence-corrected chi connectivity index (χ0v) is 7.78. The van der Waals surface area contributed by atoms with Gasteiger partial charge < -0.3 is 0 Å². The summed E-state index contributed by atoms with van der Waals surface area (Å²) >= 11 is 4.85. The smallest absolute Gasteiger partial charge is 0.169 e. The Morgan fingerprint density at radius 3 is 2.90 bits per heavy atom. The molecule has 54 valence electrons. The second kappa shape index (κ2) is 3.25. The first kappa shape index (κ1) is 7.88. The van der Waals surface area contributed by atoms with Crippen LogP contribution in [0.4, 0.5) is 0 Å². The Morgan fingerprint density at radius 2 is 2.60 bits per heavy atom. The minimum Gasteiger partial charge on any atom is -0.296 e. The number of halogens is 1. The molecule has 0 bridgehead atoms. The number of aldehydes is 1. The van der Waals surface area contributed by atoms with Gasteiger partial charge in [0.25, 0.3) is 0 Å². The summed E-state index contributed by atoms with van der Waals surface area (Å²) in [7, 11) is 0. The molecule has 2 nitrogen and oxygen atoms in total. The molecule has 4 heteroatoms. The number of hydrogen-bond acceptors (Lipinski definition) is 3. The Morgan fingerprint density at radius 1 is 1.90 bits per heavy atom. The lowest BCUT2D eigenvalue weighted by Crippen LogP contribution is -1.83. The zero-order chi connectivity index (χ0) is 7.56. The topological polar surface area (TPSA) is 30.0 Å². The highest BCUT2D eigenvalue weighted by atomic mass is 79.9. The van der Waals surface area contributed by atoms with E-state index in [1.807, 2.05) is 6.92 Å². The van der Waals surface area contributed by atoms with Crippen molar-refractivity contribution in [2.24, 2.45) is 0 Å². The molecule has 10 heavy (non-hydrogen) atoms. The Hall–Kier alpha value is -0.220. The highest BCUT2D eigenvalue weighted by Crippen LogP contribution is 2.24. The molecule has 0 spiro atoms. The molecule has 0 aliphatic rings. The molecule has 0 aliphatic carbocycles. The van der Waals surface area contributed by atoms with E-state index in [9.17, 15) is 4.79 Å². The third kappa shape index (κ3) is 1.64. The van der Waals surface area contributed by atoms with Crippen molar-refractivity contribution in [1.82, 2.24) is 4.98 Å². The summed E-state index contributed by atoms with van der Waals surface area (Å²) in [4.78, 5) is 14.4. The SMILES string of the molecule is CC(Br)c1nc(C=O)cs1. The van der Waals surface area contributed by atoms with E-state index < -0.39 is 0 Å².